The molecule has 1 aromatic heterocycles. The molecule has 0 unspecified atom stereocenters. The van der Waals surface area contributed by atoms with E-state index in [-0.39, 0.29) is 5.69 Å². The third-order valence-electron chi connectivity index (χ3n) is 5.72. The second-order valence-electron chi connectivity index (χ2n) is 8.06. The lowest BCUT2D eigenvalue weighted by Gasteiger charge is -2.24. The molecule has 30 heavy (non-hydrogen) atoms. The van der Waals surface area contributed by atoms with Crippen molar-refractivity contribution in [1.29, 1.82) is 0 Å². The van der Waals surface area contributed by atoms with E-state index in [0.717, 1.165) is 30.5 Å². The Morgan fingerprint density at radius 2 is 1.93 bits per heavy atom. The first-order valence-electron chi connectivity index (χ1n) is 10.3. The molecule has 1 aromatic carbocycles. The SMILES string of the molecule is Cc1cc(Cl)ccc1-c1nc(C(=O)NCCC(F)(F)F)c(C)n1CC1CCCCC1. The Balaban J connectivity index is 1.93. The average molecular weight is 442 g/mol. The molecule has 0 saturated heterocycles. The molecule has 0 radical (unpaired) electrons. The lowest BCUT2D eigenvalue weighted by molar-refractivity contribution is -0.132. The molecule has 1 N–H and O–H groups in total. The molecule has 1 saturated carbocycles. The second kappa shape index (κ2) is 9.41. The monoisotopic (exact) mass is 441 g/mol. The van der Waals surface area contributed by atoms with Crippen molar-refractivity contribution in [2.75, 3.05) is 6.54 Å². The number of imidazole rings is 1. The highest BCUT2D eigenvalue weighted by Crippen LogP contribution is 2.31. The van der Waals surface area contributed by atoms with E-state index in [4.69, 9.17) is 11.6 Å². The van der Waals surface area contributed by atoms with Crippen LogP contribution in [0.15, 0.2) is 18.2 Å². The van der Waals surface area contributed by atoms with Crippen LogP contribution in [0.1, 0.15) is 60.3 Å². The van der Waals surface area contributed by atoms with Gasteiger partial charge in [-0.25, -0.2) is 4.98 Å². The molecule has 8 heteroatoms. The molecule has 1 amide bonds. The quantitative estimate of drug-likeness (QED) is 0.590. The van der Waals surface area contributed by atoms with Gasteiger partial charge in [-0.05, 0) is 56.4 Å². The predicted molar refractivity (Wildman–Crippen MR) is 112 cm³/mol. The molecule has 0 atom stereocenters. The van der Waals surface area contributed by atoms with Crippen molar-refractivity contribution in [1.82, 2.24) is 14.9 Å². The smallest absolute Gasteiger partial charge is 0.350 e. The topological polar surface area (TPSA) is 46.9 Å². The number of carbonyl (C=O) groups is 1. The summed E-state index contributed by atoms with van der Waals surface area (Å²) in [4.78, 5) is 17.2. The minimum absolute atomic E-state index is 0.178. The van der Waals surface area contributed by atoms with Gasteiger partial charge in [0, 0.05) is 29.4 Å². The van der Waals surface area contributed by atoms with Crippen molar-refractivity contribution in [2.45, 2.75) is 65.1 Å². The van der Waals surface area contributed by atoms with Crippen LogP contribution in [0.4, 0.5) is 13.2 Å². The van der Waals surface area contributed by atoms with Crippen molar-refractivity contribution in [2.24, 2.45) is 5.92 Å². The van der Waals surface area contributed by atoms with E-state index in [1.807, 2.05) is 30.5 Å². The highest BCUT2D eigenvalue weighted by Gasteiger charge is 2.28. The normalized spacial score (nSPS) is 15.4. The number of carbonyl (C=O) groups excluding carboxylic acids is 1. The number of nitrogens with one attached hydrogen (secondary N) is 1. The molecule has 1 aliphatic carbocycles. The third-order valence-corrected chi connectivity index (χ3v) is 5.96. The first-order valence-corrected chi connectivity index (χ1v) is 10.7. The number of aromatic nitrogens is 2. The zero-order valence-corrected chi connectivity index (χ0v) is 18.0. The number of hydrogen-bond acceptors (Lipinski definition) is 2. The van der Waals surface area contributed by atoms with Gasteiger partial charge < -0.3 is 9.88 Å². The number of rotatable bonds is 6. The summed E-state index contributed by atoms with van der Waals surface area (Å²) in [6, 6.07) is 5.50. The van der Waals surface area contributed by atoms with E-state index >= 15 is 0 Å². The van der Waals surface area contributed by atoms with E-state index in [1.54, 1.807) is 6.07 Å². The molecule has 3 rings (SSSR count). The van der Waals surface area contributed by atoms with Crippen LogP contribution in [-0.4, -0.2) is 28.2 Å². The number of aryl methyl sites for hydroxylation is 1. The highest BCUT2D eigenvalue weighted by atomic mass is 35.5. The maximum Gasteiger partial charge on any atom is 0.390 e. The van der Waals surface area contributed by atoms with Crippen LogP contribution in [0.2, 0.25) is 5.02 Å². The zero-order valence-electron chi connectivity index (χ0n) is 17.3. The Hall–Kier alpha value is -2.02. The number of nitrogens with zero attached hydrogens (tertiary/aromatic N) is 2. The van der Waals surface area contributed by atoms with Gasteiger partial charge >= 0.3 is 6.18 Å². The van der Waals surface area contributed by atoms with E-state index < -0.39 is 25.0 Å². The van der Waals surface area contributed by atoms with Crippen molar-refractivity contribution < 1.29 is 18.0 Å². The largest absolute Gasteiger partial charge is 0.390 e. The van der Waals surface area contributed by atoms with Crippen molar-refractivity contribution >= 4 is 17.5 Å². The van der Waals surface area contributed by atoms with Gasteiger partial charge in [0.1, 0.15) is 11.5 Å². The summed E-state index contributed by atoms with van der Waals surface area (Å²) >= 11 is 6.10. The van der Waals surface area contributed by atoms with E-state index in [9.17, 15) is 18.0 Å². The molecular formula is C22H27ClF3N3O. The van der Waals surface area contributed by atoms with Crippen LogP contribution in [0.5, 0.6) is 0 Å². The first kappa shape index (κ1) is 22.7. The molecule has 0 bridgehead atoms. The van der Waals surface area contributed by atoms with E-state index in [2.05, 4.69) is 10.3 Å². The van der Waals surface area contributed by atoms with Gasteiger partial charge in [0.25, 0.3) is 5.91 Å². The van der Waals surface area contributed by atoms with Gasteiger partial charge in [-0.15, -0.1) is 0 Å². The van der Waals surface area contributed by atoms with Crippen LogP contribution >= 0.6 is 11.6 Å². The fourth-order valence-corrected chi connectivity index (χ4v) is 4.31. The highest BCUT2D eigenvalue weighted by molar-refractivity contribution is 6.30. The molecular weight excluding hydrogens is 415 g/mol. The lowest BCUT2D eigenvalue weighted by Crippen LogP contribution is -2.28. The van der Waals surface area contributed by atoms with Crippen molar-refractivity contribution in [3.05, 3.63) is 40.2 Å². The molecule has 2 aromatic rings. The maximum atomic E-state index is 12.6. The fraction of sp³-hybridized carbons (Fsp3) is 0.545. The van der Waals surface area contributed by atoms with Crippen LogP contribution < -0.4 is 5.32 Å². The van der Waals surface area contributed by atoms with Gasteiger partial charge in [-0.3, -0.25) is 4.79 Å². The number of halogens is 4. The van der Waals surface area contributed by atoms with Gasteiger partial charge in [0.2, 0.25) is 0 Å². The maximum absolute atomic E-state index is 12.6. The number of alkyl halides is 3. The van der Waals surface area contributed by atoms with Crippen LogP contribution in [0, 0.1) is 19.8 Å². The zero-order chi connectivity index (χ0) is 21.9. The minimum atomic E-state index is -4.31. The molecule has 0 spiro atoms. The molecule has 0 aliphatic heterocycles. The lowest BCUT2D eigenvalue weighted by atomic mass is 9.89. The Kier molecular flexibility index (Phi) is 7.11. The standard InChI is InChI=1S/C22H27ClF3N3O/c1-14-12-17(23)8-9-18(14)20-28-19(21(30)27-11-10-22(24,25)26)15(2)29(20)13-16-6-4-3-5-7-16/h8-9,12,16H,3-7,10-11,13H2,1-2H3,(H,27,30). The average Bonchev–Trinajstić information content (AvgIpc) is 2.98. The third kappa shape index (κ3) is 5.56. The van der Waals surface area contributed by atoms with E-state index in [0.29, 0.717) is 22.5 Å². The molecule has 1 fully saturated rings. The van der Waals surface area contributed by atoms with Gasteiger partial charge in [0.15, 0.2) is 0 Å². The predicted octanol–water partition coefficient (Wildman–Crippen LogP) is 6.08. The summed E-state index contributed by atoms with van der Waals surface area (Å²) in [5.74, 6) is 0.583. The van der Waals surface area contributed by atoms with Crippen LogP contribution in [-0.2, 0) is 6.54 Å². The summed E-state index contributed by atoms with van der Waals surface area (Å²) in [5.41, 5.74) is 2.65. The van der Waals surface area contributed by atoms with Crippen LogP contribution in [0.25, 0.3) is 11.4 Å². The second-order valence-corrected chi connectivity index (χ2v) is 8.50. The first-order chi connectivity index (χ1) is 14.2. The summed E-state index contributed by atoms with van der Waals surface area (Å²) in [7, 11) is 0. The molecule has 1 heterocycles. The Morgan fingerprint density at radius 3 is 2.57 bits per heavy atom. The summed E-state index contributed by atoms with van der Waals surface area (Å²) in [5, 5.41) is 2.97. The summed E-state index contributed by atoms with van der Waals surface area (Å²) < 4.78 is 39.3. The van der Waals surface area contributed by atoms with Gasteiger partial charge in [0.05, 0.1) is 6.42 Å². The van der Waals surface area contributed by atoms with Gasteiger partial charge in [-0.1, -0.05) is 30.9 Å². The molecule has 1 aliphatic rings. The number of amides is 1. The Morgan fingerprint density at radius 1 is 1.23 bits per heavy atom. The van der Waals surface area contributed by atoms with Crippen molar-refractivity contribution in [3.8, 4) is 11.4 Å². The fourth-order valence-electron chi connectivity index (χ4n) is 4.09. The van der Waals surface area contributed by atoms with E-state index in [1.165, 1.54) is 19.3 Å². The molecule has 4 nitrogen and oxygen atoms in total. The number of benzene rings is 1. The Bertz CT molecular complexity index is 902. The Labute approximate surface area is 179 Å². The van der Waals surface area contributed by atoms with Crippen LogP contribution in [0.3, 0.4) is 0 Å². The minimum Gasteiger partial charge on any atom is -0.350 e. The number of hydrogen-bond donors (Lipinski definition) is 1. The van der Waals surface area contributed by atoms with Gasteiger partial charge in [-0.2, -0.15) is 13.2 Å². The summed E-state index contributed by atoms with van der Waals surface area (Å²) in [6.07, 6.45) is 0.512. The van der Waals surface area contributed by atoms with Crippen molar-refractivity contribution in [3.63, 3.8) is 0 Å². The molecule has 164 valence electrons. The summed E-state index contributed by atoms with van der Waals surface area (Å²) in [6.45, 7) is 4.02.